The van der Waals surface area contributed by atoms with E-state index >= 15 is 0 Å². The summed E-state index contributed by atoms with van der Waals surface area (Å²) in [6, 6.07) is 2.28. The molecule has 18 heavy (non-hydrogen) atoms. The van der Waals surface area contributed by atoms with Crippen molar-refractivity contribution in [2.24, 2.45) is 11.1 Å². The van der Waals surface area contributed by atoms with Crippen LogP contribution in [0, 0.1) is 19.8 Å². The van der Waals surface area contributed by atoms with Crippen LogP contribution in [0.5, 0.6) is 0 Å². The summed E-state index contributed by atoms with van der Waals surface area (Å²) < 4.78 is 0. The van der Waals surface area contributed by atoms with Gasteiger partial charge in [-0.2, -0.15) is 0 Å². The lowest BCUT2D eigenvalue weighted by Gasteiger charge is -2.27. The summed E-state index contributed by atoms with van der Waals surface area (Å²) in [6.07, 6.45) is 1.56. The highest BCUT2D eigenvalue weighted by atomic mass is 16.4. The van der Waals surface area contributed by atoms with Gasteiger partial charge in [0.2, 0.25) is 0 Å². The van der Waals surface area contributed by atoms with Gasteiger partial charge in [0.05, 0.1) is 6.21 Å². The first kappa shape index (κ1) is 13.1. The van der Waals surface area contributed by atoms with Gasteiger partial charge in [-0.05, 0) is 53.4 Å². The van der Waals surface area contributed by atoms with E-state index in [1.807, 2.05) is 0 Å². The van der Waals surface area contributed by atoms with Gasteiger partial charge < -0.3 is 5.21 Å². The second-order valence-electron chi connectivity index (χ2n) is 6.24. The molecule has 0 amide bonds. The predicted molar refractivity (Wildman–Crippen MR) is 75.9 cm³/mol. The third-order valence-electron chi connectivity index (χ3n) is 5.11. The third-order valence-corrected chi connectivity index (χ3v) is 5.11. The Labute approximate surface area is 110 Å². The highest BCUT2D eigenvalue weighted by Crippen LogP contribution is 2.51. The Morgan fingerprint density at radius 1 is 1.28 bits per heavy atom. The van der Waals surface area contributed by atoms with Gasteiger partial charge in [-0.15, -0.1) is 0 Å². The molecule has 1 aliphatic rings. The molecule has 0 bridgehead atoms. The van der Waals surface area contributed by atoms with Crippen molar-refractivity contribution < 1.29 is 5.21 Å². The largest absolute Gasteiger partial charge is 0.411 e. The lowest BCUT2D eigenvalue weighted by molar-refractivity contribution is 0.322. The van der Waals surface area contributed by atoms with Crippen LogP contribution in [0.15, 0.2) is 11.2 Å². The van der Waals surface area contributed by atoms with Crippen LogP contribution in [0.4, 0.5) is 0 Å². The van der Waals surface area contributed by atoms with Crippen LogP contribution in [-0.4, -0.2) is 11.4 Å². The van der Waals surface area contributed by atoms with Crippen molar-refractivity contribution >= 4 is 6.21 Å². The van der Waals surface area contributed by atoms with Gasteiger partial charge in [-0.25, -0.2) is 0 Å². The number of hydrogen-bond acceptors (Lipinski definition) is 2. The molecule has 2 unspecified atom stereocenters. The van der Waals surface area contributed by atoms with E-state index in [1.165, 1.54) is 22.3 Å². The summed E-state index contributed by atoms with van der Waals surface area (Å²) in [4.78, 5) is 0. The van der Waals surface area contributed by atoms with Gasteiger partial charge in [-0.1, -0.05) is 38.9 Å². The molecule has 0 aromatic heterocycles. The second-order valence-corrected chi connectivity index (χ2v) is 6.24. The Kier molecular flexibility index (Phi) is 3.00. The molecule has 0 aliphatic heterocycles. The van der Waals surface area contributed by atoms with Crippen molar-refractivity contribution in [3.05, 3.63) is 33.9 Å². The quantitative estimate of drug-likeness (QED) is 0.450. The molecule has 98 valence electrons. The van der Waals surface area contributed by atoms with Gasteiger partial charge in [0.15, 0.2) is 0 Å². The minimum atomic E-state index is 0.221. The molecular weight excluding hydrogens is 222 g/mol. The van der Waals surface area contributed by atoms with Gasteiger partial charge in [0.25, 0.3) is 0 Å². The predicted octanol–water partition coefficient (Wildman–Crippen LogP) is 4.14. The van der Waals surface area contributed by atoms with E-state index in [4.69, 9.17) is 5.21 Å². The number of oxime groups is 1. The number of nitrogens with zero attached hydrogens (tertiary/aromatic N) is 1. The molecule has 2 atom stereocenters. The first-order chi connectivity index (χ1) is 8.32. The highest BCUT2D eigenvalue weighted by molar-refractivity contribution is 5.84. The topological polar surface area (TPSA) is 32.6 Å². The van der Waals surface area contributed by atoms with Crippen molar-refractivity contribution in [1.82, 2.24) is 0 Å². The standard InChI is InChI=1S/C16H23NO/c1-9-7-14-15(11(3)13(9)8-17-18)10(2)12(4)16(14,5)6/h7-8,10,12,18H,1-6H3/b17-8-. The number of fused-ring (bicyclic) bond motifs is 1. The van der Waals surface area contributed by atoms with Crippen molar-refractivity contribution in [3.8, 4) is 0 Å². The number of aryl methyl sites for hydroxylation is 1. The molecule has 0 radical (unpaired) electrons. The summed E-state index contributed by atoms with van der Waals surface area (Å²) in [5.41, 5.74) is 6.67. The molecule has 2 rings (SSSR count). The van der Waals surface area contributed by atoms with Crippen LogP contribution in [0.1, 0.15) is 61.4 Å². The van der Waals surface area contributed by atoms with E-state index in [9.17, 15) is 0 Å². The molecule has 2 heteroatoms. The molecule has 0 heterocycles. The Bertz CT molecular complexity index is 514. The SMILES string of the molecule is Cc1cc2c(c(C)c1/C=N\O)C(C)C(C)C2(C)C. The zero-order chi connectivity index (χ0) is 13.7. The maximum Gasteiger partial charge on any atom is 0.0739 e. The van der Waals surface area contributed by atoms with Crippen LogP contribution >= 0.6 is 0 Å². The summed E-state index contributed by atoms with van der Waals surface area (Å²) in [5, 5.41) is 12.0. The van der Waals surface area contributed by atoms with E-state index in [-0.39, 0.29) is 5.41 Å². The van der Waals surface area contributed by atoms with E-state index < -0.39 is 0 Å². The van der Waals surface area contributed by atoms with Gasteiger partial charge in [0, 0.05) is 5.56 Å². The van der Waals surface area contributed by atoms with Gasteiger partial charge in [0.1, 0.15) is 0 Å². The molecule has 2 nitrogen and oxygen atoms in total. The van der Waals surface area contributed by atoms with Crippen LogP contribution in [0.25, 0.3) is 0 Å². The summed E-state index contributed by atoms with van der Waals surface area (Å²) >= 11 is 0. The fourth-order valence-corrected chi connectivity index (χ4v) is 3.51. The molecule has 0 saturated carbocycles. The smallest absolute Gasteiger partial charge is 0.0739 e. The monoisotopic (exact) mass is 245 g/mol. The van der Waals surface area contributed by atoms with Crippen LogP contribution in [0.2, 0.25) is 0 Å². The molecular formula is C16H23NO. The molecule has 1 aromatic carbocycles. The van der Waals surface area contributed by atoms with E-state index in [2.05, 4.69) is 52.8 Å². The van der Waals surface area contributed by atoms with Crippen molar-refractivity contribution in [1.29, 1.82) is 0 Å². The van der Waals surface area contributed by atoms with Crippen LogP contribution < -0.4 is 0 Å². The minimum absolute atomic E-state index is 0.221. The highest BCUT2D eigenvalue weighted by Gasteiger charge is 2.42. The lowest BCUT2D eigenvalue weighted by atomic mass is 9.77. The summed E-state index contributed by atoms with van der Waals surface area (Å²) in [6.45, 7) is 13.5. The average molecular weight is 245 g/mol. The first-order valence-electron chi connectivity index (χ1n) is 6.64. The van der Waals surface area contributed by atoms with Crippen molar-refractivity contribution in [3.63, 3.8) is 0 Å². The van der Waals surface area contributed by atoms with E-state index in [1.54, 1.807) is 6.21 Å². The number of benzene rings is 1. The Balaban J connectivity index is 2.76. The zero-order valence-electron chi connectivity index (χ0n) is 12.2. The molecule has 0 fully saturated rings. The van der Waals surface area contributed by atoms with Crippen molar-refractivity contribution in [2.75, 3.05) is 0 Å². The van der Waals surface area contributed by atoms with Crippen LogP contribution in [-0.2, 0) is 5.41 Å². The Hall–Kier alpha value is -1.31. The van der Waals surface area contributed by atoms with Crippen molar-refractivity contribution in [2.45, 2.75) is 52.9 Å². The number of hydrogen-bond donors (Lipinski definition) is 1. The summed E-state index contributed by atoms with van der Waals surface area (Å²) in [5.74, 6) is 1.19. The average Bonchev–Trinajstić information content (AvgIpc) is 2.46. The van der Waals surface area contributed by atoms with Crippen LogP contribution in [0.3, 0.4) is 0 Å². The molecule has 0 saturated heterocycles. The van der Waals surface area contributed by atoms with Gasteiger partial charge >= 0.3 is 0 Å². The fourth-order valence-electron chi connectivity index (χ4n) is 3.51. The molecule has 0 spiro atoms. The molecule has 1 N–H and O–H groups in total. The molecule has 1 aliphatic carbocycles. The maximum atomic E-state index is 8.81. The third kappa shape index (κ3) is 1.58. The normalized spacial score (nSPS) is 25.7. The minimum Gasteiger partial charge on any atom is -0.411 e. The molecule has 1 aromatic rings. The zero-order valence-corrected chi connectivity index (χ0v) is 12.2. The fraction of sp³-hybridized carbons (Fsp3) is 0.562. The van der Waals surface area contributed by atoms with E-state index in [0.717, 1.165) is 5.56 Å². The summed E-state index contributed by atoms with van der Waals surface area (Å²) in [7, 11) is 0. The number of rotatable bonds is 1. The second kappa shape index (κ2) is 4.11. The Morgan fingerprint density at radius 2 is 1.89 bits per heavy atom. The van der Waals surface area contributed by atoms with E-state index in [0.29, 0.717) is 11.8 Å². The first-order valence-corrected chi connectivity index (χ1v) is 6.64. The maximum absolute atomic E-state index is 8.81. The lowest BCUT2D eigenvalue weighted by Crippen LogP contribution is -2.22. The van der Waals surface area contributed by atoms with Gasteiger partial charge in [-0.3, -0.25) is 0 Å². The Morgan fingerprint density at radius 3 is 2.44 bits per heavy atom.